The molecule has 1 fully saturated rings. The Labute approximate surface area is 95.4 Å². The third-order valence-corrected chi connectivity index (χ3v) is 4.03. The second-order valence-corrected chi connectivity index (χ2v) is 5.05. The van der Waals surface area contributed by atoms with Gasteiger partial charge in [0.2, 0.25) is 0 Å². The van der Waals surface area contributed by atoms with Crippen molar-refractivity contribution in [3.05, 3.63) is 0 Å². The first-order valence-corrected chi connectivity index (χ1v) is 6.65. The highest BCUT2D eigenvalue weighted by molar-refractivity contribution is 4.80. The van der Waals surface area contributed by atoms with E-state index in [0.717, 1.165) is 12.0 Å². The molecule has 2 heteroatoms. The number of hydrogen-bond donors (Lipinski definition) is 1. The quantitative estimate of drug-likeness (QED) is 0.753. The third kappa shape index (κ3) is 4.12. The summed E-state index contributed by atoms with van der Waals surface area (Å²) < 4.78 is 0. The largest absolute Gasteiger partial charge is 0.311 e. The number of likely N-dealkylation sites (tertiary alicyclic amines) is 1. The zero-order valence-corrected chi connectivity index (χ0v) is 10.9. The van der Waals surface area contributed by atoms with Gasteiger partial charge >= 0.3 is 0 Å². The van der Waals surface area contributed by atoms with E-state index in [4.69, 9.17) is 0 Å². The molecule has 15 heavy (non-hydrogen) atoms. The Bertz CT molecular complexity index is 162. The van der Waals surface area contributed by atoms with Gasteiger partial charge in [-0.3, -0.25) is 0 Å². The van der Waals surface area contributed by atoms with Crippen molar-refractivity contribution in [2.45, 2.75) is 59.0 Å². The molecule has 1 saturated heterocycles. The molecule has 1 N–H and O–H groups in total. The van der Waals surface area contributed by atoms with Crippen LogP contribution in [0.4, 0.5) is 0 Å². The summed E-state index contributed by atoms with van der Waals surface area (Å²) in [5, 5.41) is 3.79. The van der Waals surface area contributed by atoms with Crippen LogP contribution in [0.5, 0.6) is 0 Å². The number of nitrogens with zero attached hydrogens (tertiary/aromatic N) is 1. The van der Waals surface area contributed by atoms with Crippen LogP contribution in [0, 0.1) is 5.92 Å². The molecule has 1 heterocycles. The molecule has 0 aromatic heterocycles. The average Bonchev–Trinajstić information content (AvgIpc) is 2.29. The molecule has 0 aromatic carbocycles. The predicted octanol–water partition coefficient (Wildman–Crippen LogP) is 2.49. The highest BCUT2D eigenvalue weighted by Crippen LogP contribution is 2.13. The molecular weight excluding hydrogens is 184 g/mol. The number of hydrogen-bond acceptors (Lipinski definition) is 2. The first-order chi connectivity index (χ1) is 7.17. The number of piperidine rings is 1. The maximum absolute atomic E-state index is 3.79. The van der Waals surface area contributed by atoms with E-state index in [1.807, 2.05) is 0 Å². The fourth-order valence-electron chi connectivity index (χ4n) is 2.31. The Morgan fingerprint density at radius 3 is 2.27 bits per heavy atom. The summed E-state index contributed by atoms with van der Waals surface area (Å²) in [6.45, 7) is 13.0. The molecule has 90 valence electrons. The Morgan fingerprint density at radius 2 is 1.80 bits per heavy atom. The molecule has 0 aliphatic carbocycles. The highest BCUT2D eigenvalue weighted by Gasteiger charge is 2.20. The summed E-state index contributed by atoms with van der Waals surface area (Å²) in [4.78, 5) is 2.55. The van der Waals surface area contributed by atoms with Crippen molar-refractivity contribution >= 4 is 0 Å². The zero-order chi connectivity index (χ0) is 11.3. The smallest absolute Gasteiger partial charge is 0.00940 e. The van der Waals surface area contributed by atoms with Crippen LogP contribution >= 0.6 is 0 Å². The maximum atomic E-state index is 3.79. The normalized spacial score (nSPS) is 24.0. The van der Waals surface area contributed by atoms with Crippen LogP contribution in [0.25, 0.3) is 0 Å². The molecule has 0 amide bonds. The van der Waals surface area contributed by atoms with Gasteiger partial charge in [-0.2, -0.15) is 0 Å². The second kappa shape index (κ2) is 6.49. The van der Waals surface area contributed by atoms with Gasteiger partial charge < -0.3 is 10.2 Å². The van der Waals surface area contributed by atoms with Gasteiger partial charge in [-0.05, 0) is 45.3 Å². The van der Waals surface area contributed by atoms with Crippen molar-refractivity contribution in [2.24, 2.45) is 5.92 Å². The van der Waals surface area contributed by atoms with Gasteiger partial charge in [0.15, 0.2) is 0 Å². The standard InChI is InChI=1S/C13H28N2/c1-5-11(3)12(4)14-13-7-9-15(6-2)10-8-13/h11-14H,5-10H2,1-4H3. The summed E-state index contributed by atoms with van der Waals surface area (Å²) in [5.41, 5.74) is 0. The first kappa shape index (κ1) is 13.0. The van der Waals surface area contributed by atoms with Crippen LogP contribution < -0.4 is 5.32 Å². The molecule has 0 spiro atoms. The van der Waals surface area contributed by atoms with E-state index in [0.29, 0.717) is 6.04 Å². The van der Waals surface area contributed by atoms with Crippen LogP contribution in [0.1, 0.15) is 47.0 Å². The van der Waals surface area contributed by atoms with Crippen LogP contribution in [0.2, 0.25) is 0 Å². The Kier molecular flexibility index (Phi) is 5.62. The van der Waals surface area contributed by atoms with Crippen LogP contribution in [0.15, 0.2) is 0 Å². The predicted molar refractivity (Wildman–Crippen MR) is 67.2 cm³/mol. The molecule has 2 unspecified atom stereocenters. The lowest BCUT2D eigenvalue weighted by Gasteiger charge is -2.34. The second-order valence-electron chi connectivity index (χ2n) is 5.05. The molecule has 0 aromatic rings. The fourth-order valence-corrected chi connectivity index (χ4v) is 2.31. The molecule has 2 atom stereocenters. The lowest BCUT2D eigenvalue weighted by atomic mass is 9.97. The number of nitrogens with one attached hydrogen (secondary N) is 1. The van der Waals surface area contributed by atoms with Gasteiger partial charge in [0, 0.05) is 12.1 Å². The monoisotopic (exact) mass is 212 g/mol. The summed E-state index contributed by atoms with van der Waals surface area (Å²) in [7, 11) is 0. The van der Waals surface area contributed by atoms with Gasteiger partial charge in [0.25, 0.3) is 0 Å². The zero-order valence-electron chi connectivity index (χ0n) is 10.9. The molecule has 0 radical (unpaired) electrons. The minimum absolute atomic E-state index is 0.674. The van der Waals surface area contributed by atoms with Crippen molar-refractivity contribution in [3.8, 4) is 0 Å². The fraction of sp³-hybridized carbons (Fsp3) is 1.00. The van der Waals surface area contributed by atoms with Gasteiger partial charge in [-0.25, -0.2) is 0 Å². The Morgan fingerprint density at radius 1 is 1.20 bits per heavy atom. The van der Waals surface area contributed by atoms with Gasteiger partial charge in [-0.15, -0.1) is 0 Å². The van der Waals surface area contributed by atoms with Crippen molar-refractivity contribution < 1.29 is 0 Å². The van der Waals surface area contributed by atoms with Crippen molar-refractivity contribution in [1.29, 1.82) is 0 Å². The van der Waals surface area contributed by atoms with Crippen LogP contribution in [-0.4, -0.2) is 36.6 Å². The van der Waals surface area contributed by atoms with E-state index in [1.165, 1.54) is 38.9 Å². The van der Waals surface area contributed by atoms with Gasteiger partial charge in [0.1, 0.15) is 0 Å². The SMILES string of the molecule is CCC(C)C(C)NC1CCN(CC)CC1. The summed E-state index contributed by atoms with van der Waals surface area (Å²) in [6.07, 6.45) is 3.94. The average molecular weight is 212 g/mol. The van der Waals surface area contributed by atoms with E-state index >= 15 is 0 Å². The van der Waals surface area contributed by atoms with Crippen molar-refractivity contribution in [1.82, 2.24) is 10.2 Å². The van der Waals surface area contributed by atoms with Gasteiger partial charge in [-0.1, -0.05) is 27.2 Å². The maximum Gasteiger partial charge on any atom is 0.00940 e. The summed E-state index contributed by atoms with van der Waals surface area (Å²) >= 11 is 0. The lowest BCUT2D eigenvalue weighted by molar-refractivity contribution is 0.192. The molecule has 0 bridgehead atoms. The van der Waals surface area contributed by atoms with E-state index in [-0.39, 0.29) is 0 Å². The van der Waals surface area contributed by atoms with E-state index in [9.17, 15) is 0 Å². The highest BCUT2D eigenvalue weighted by atomic mass is 15.1. The molecule has 1 rings (SSSR count). The van der Waals surface area contributed by atoms with Crippen molar-refractivity contribution in [2.75, 3.05) is 19.6 Å². The number of rotatable bonds is 5. The van der Waals surface area contributed by atoms with E-state index in [2.05, 4.69) is 37.9 Å². The minimum atomic E-state index is 0.674. The first-order valence-electron chi connectivity index (χ1n) is 6.65. The molecule has 0 saturated carbocycles. The molecule has 1 aliphatic heterocycles. The van der Waals surface area contributed by atoms with Gasteiger partial charge in [0.05, 0.1) is 0 Å². The molecule has 2 nitrogen and oxygen atoms in total. The molecular formula is C13H28N2. The summed E-state index contributed by atoms with van der Waals surface area (Å²) in [6, 6.07) is 1.44. The minimum Gasteiger partial charge on any atom is -0.311 e. The van der Waals surface area contributed by atoms with E-state index < -0.39 is 0 Å². The lowest BCUT2D eigenvalue weighted by Crippen LogP contribution is -2.46. The Hall–Kier alpha value is -0.0800. The topological polar surface area (TPSA) is 15.3 Å². The molecule has 1 aliphatic rings. The Balaban J connectivity index is 2.23. The van der Waals surface area contributed by atoms with Crippen LogP contribution in [0.3, 0.4) is 0 Å². The third-order valence-electron chi connectivity index (χ3n) is 4.03. The van der Waals surface area contributed by atoms with E-state index in [1.54, 1.807) is 0 Å². The van der Waals surface area contributed by atoms with Crippen LogP contribution in [-0.2, 0) is 0 Å². The summed E-state index contributed by atoms with van der Waals surface area (Å²) in [5.74, 6) is 0.800. The van der Waals surface area contributed by atoms with Crippen molar-refractivity contribution in [3.63, 3.8) is 0 Å².